The van der Waals surface area contributed by atoms with E-state index in [0.29, 0.717) is 117 Å². The Morgan fingerprint density at radius 3 is 1.67 bits per heavy atom. The first kappa shape index (κ1) is 68.6. The molecular weight excluding hydrogens is 1000 g/mol. The van der Waals surface area contributed by atoms with E-state index in [1.165, 1.54) is 19.1 Å². The molecule has 0 unspecified atom stereocenters. The maximum absolute atomic E-state index is 12.6. The number of carboxylic acids is 1. The number of nitrogens with one attached hydrogen (secondary N) is 6. The van der Waals surface area contributed by atoms with Gasteiger partial charge in [-0.15, -0.1) is 0 Å². The summed E-state index contributed by atoms with van der Waals surface area (Å²) in [5.74, 6) is -3.53. The number of aliphatic carboxylic acids is 1. The van der Waals surface area contributed by atoms with Crippen LogP contribution in [-0.2, 0) is 77.8 Å². The van der Waals surface area contributed by atoms with Gasteiger partial charge >= 0.3 is 18.2 Å². The van der Waals surface area contributed by atoms with Gasteiger partial charge in [-0.25, -0.2) is 9.59 Å². The number of benzene rings is 1. The van der Waals surface area contributed by atoms with Crippen LogP contribution in [0.4, 0.5) is 15.3 Å². The van der Waals surface area contributed by atoms with Gasteiger partial charge in [-0.3, -0.25) is 29.3 Å². The van der Waals surface area contributed by atoms with Gasteiger partial charge in [-0.05, 0) is 77.0 Å². The van der Waals surface area contributed by atoms with E-state index in [-0.39, 0.29) is 82.2 Å². The summed E-state index contributed by atoms with van der Waals surface area (Å²) in [5, 5.41) is 35.5. The number of carboxylic acid groups (broad SMARTS) is 1. The largest absolute Gasteiger partial charge is 0.506 e. The standard InChI is InChI=1S/C50H87N7O19/c1-6-7-13-53-46(62)40(56-44(60)35-54-43(59)34-51)10-8-9-14-52-45(61)36-74-28-27-72-24-23-70-20-19-68-16-15-67-17-18-69-21-22-71-25-26-73-29-30-75-48(65)57-41-33-38(11-12-42(41)58)32-39(31-37(2)47(63)64)55-49(66)76-50(3,4)5/h11-12,33,37,39-40,58H,6-10,13-32,34-36,51H2,1-5H3,(H,52,61)(H,53,62)(H,54,59)(H,55,66)(H,56,60)(H,57,65)(H,63,64)/t37-,39+,40-/m0/s1. The van der Waals surface area contributed by atoms with Crippen LogP contribution in [-0.4, -0.2) is 208 Å². The third kappa shape index (κ3) is 39.0. The number of nitrogens with two attached hydrogens (primary N) is 1. The highest BCUT2D eigenvalue weighted by atomic mass is 16.6. The van der Waals surface area contributed by atoms with E-state index in [2.05, 4.69) is 31.9 Å². The number of unbranched alkanes of at least 4 members (excludes halogenated alkanes) is 2. The molecule has 26 nitrogen and oxygen atoms in total. The molecule has 0 saturated carbocycles. The molecule has 436 valence electrons. The Hall–Kier alpha value is -5.45. The first-order valence-electron chi connectivity index (χ1n) is 25.8. The fourth-order valence-corrected chi connectivity index (χ4v) is 6.36. The number of phenols is 1. The number of phenolic OH excluding ortho intramolecular Hbond substituents is 1. The third-order valence-corrected chi connectivity index (χ3v) is 10.2. The van der Waals surface area contributed by atoms with Crippen LogP contribution in [0, 0.1) is 5.92 Å². The molecular formula is C50H87N7O19. The summed E-state index contributed by atoms with van der Waals surface area (Å²) in [5.41, 5.74) is 5.18. The van der Waals surface area contributed by atoms with Gasteiger partial charge in [0.05, 0.1) is 124 Å². The molecule has 76 heavy (non-hydrogen) atoms. The van der Waals surface area contributed by atoms with Crippen LogP contribution in [0.15, 0.2) is 18.2 Å². The van der Waals surface area contributed by atoms with Crippen LogP contribution in [0.3, 0.4) is 0 Å². The minimum atomic E-state index is -1.01. The molecule has 0 aliphatic heterocycles. The Balaban J connectivity index is 1.99. The fraction of sp³-hybridized carbons (Fsp3) is 0.740. The Bertz CT molecular complexity index is 1790. The SMILES string of the molecule is CCCCNC(=O)[C@H](CCCCNC(=O)COCCOCCOCCOCCOCCOCCOCCOCCOC(=O)Nc1cc(C[C@@H](C[C@H](C)C(=O)O)NC(=O)OC(C)(C)C)ccc1O)NC(=O)CNC(=O)CN. The number of ether oxygens (including phenoxy) is 10. The number of aromatic hydroxyl groups is 1. The number of rotatable bonds is 46. The Kier molecular flexibility index (Phi) is 39.4. The van der Waals surface area contributed by atoms with Crippen molar-refractivity contribution >= 4 is 47.5 Å². The molecule has 10 N–H and O–H groups in total. The van der Waals surface area contributed by atoms with Crippen molar-refractivity contribution in [3.63, 3.8) is 0 Å². The smallest absolute Gasteiger partial charge is 0.411 e. The normalized spacial score (nSPS) is 12.4. The number of carbonyl (C=O) groups is 7. The van der Waals surface area contributed by atoms with Gasteiger partial charge in [0.25, 0.3) is 0 Å². The van der Waals surface area contributed by atoms with E-state index in [0.717, 1.165) is 12.8 Å². The van der Waals surface area contributed by atoms with Crippen LogP contribution >= 0.6 is 0 Å². The van der Waals surface area contributed by atoms with Crippen LogP contribution in [0.5, 0.6) is 5.75 Å². The first-order chi connectivity index (χ1) is 36.4. The topological polar surface area (TPSA) is 350 Å². The average Bonchev–Trinajstić information content (AvgIpc) is 3.36. The van der Waals surface area contributed by atoms with Crippen molar-refractivity contribution in [3.05, 3.63) is 23.8 Å². The second kappa shape index (κ2) is 43.6. The first-order valence-corrected chi connectivity index (χ1v) is 25.8. The maximum Gasteiger partial charge on any atom is 0.411 e. The molecule has 0 saturated heterocycles. The zero-order valence-electron chi connectivity index (χ0n) is 45.2. The zero-order valence-corrected chi connectivity index (χ0v) is 45.2. The van der Waals surface area contributed by atoms with E-state index in [4.69, 9.17) is 53.1 Å². The zero-order chi connectivity index (χ0) is 56.2. The third-order valence-electron chi connectivity index (χ3n) is 10.2. The quantitative estimate of drug-likeness (QED) is 0.0329. The highest BCUT2D eigenvalue weighted by molar-refractivity contribution is 5.90. The molecule has 0 aromatic heterocycles. The average molecular weight is 1090 g/mol. The van der Waals surface area contributed by atoms with Gasteiger partial charge in [0.2, 0.25) is 23.6 Å². The summed E-state index contributed by atoms with van der Waals surface area (Å²) in [6.45, 7) is 13.8. The number of anilines is 1. The molecule has 6 amide bonds. The minimum absolute atomic E-state index is 0.0597. The molecule has 0 bridgehead atoms. The van der Waals surface area contributed by atoms with Gasteiger partial charge in [0.15, 0.2) is 0 Å². The van der Waals surface area contributed by atoms with E-state index in [9.17, 15) is 43.8 Å². The van der Waals surface area contributed by atoms with Crippen molar-refractivity contribution < 1.29 is 91.1 Å². The lowest BCUT2D eigenvalue weighted by molar-refractivity contribution is -0.141. The molecule has 0 fully saturated rings. The molecule has 1 aromatic carbocycles. The second-order valence-electron chi connectivity index (χ2n) is 18.1. The lowest BCUT2D eigenvalue weighted by Crippen LogP contribution is -2.50. The van der Waals surface area contributed by atoms with E-state index >= 15 is 0 Å². The number of carbonyl (C=O) groups excluding carboxylic acids is 6. The number of amides is 6. The fourth-order valence-electron chi connectivity index (χ4n) is 6.36. The van der Waals surface area contributed by atoms with Crippen LogP contribution in [0.1, 0.15) is 78.7 Å². The summed E-state index contributed by atoms with van der Waals surface area (Å²) in [4.78, 5) is 84.6. The summed E-state index contributed by atoms with van der Waals surface area (Å²) < 4.78 is 54.1. The van der Waals surface area contributed by atoms with Crippen molar-refractivity contribution in [1.29, 1.82) is 0 Å². The van der Waals surface area contributed by atoms with Gasteiger partial charge < -0.3 is 89.9 Å². The van der Waals surface area contributed by atoms with E-state index < -0.39 is 53.6 Å². The second-order valence-corrected chi connectivity index (χ2v) is 18.1. The minimum Gasteiger partial charge on any atom is -0.506 e. The molecule has 0 spiro atoms. The lowest BCUT2D eigenvalue weighted by Gasteiger charge is -2.25. The lowest BCUT2D eigenvalue weighted by atomic mass is 9.96. The van der Waals surface area contributed by atoms with Crippen molar-refractivity contribution in [1.82, 2.24) is 26.6 Å². The highest BCUT2D eigenvalue weighted by Crippen LogP contribution is 2.26. The van der Waals surface area contributed by atoms with Gasteiger partial charge in [0.1, 0.15) is 30.6 Å². The van der Waals surface area contributed by atoms with Gasteiger partial charge in [-0.1, -0.05) is 26.3 Å². The van der Waals surface area contributed by atoms with E-state index in [1.807, 2.05) is 6.92 Å². The predicted octanol–water partition coefficient (Wildman–Crippen LogP) is 1.38. The molecule has 3 atom stereocenters. The summed E-state index contributed by atoms with van der Waals surface area (Å²) in [6, 6.07) is 3.12. The van der Waals surface area contributed by atoms with Crippen molar-refractivity contribution in [3.8, 4) is 5.75 Å². The van der Waals surface area contributed by atoms with Crippen LogP contribution in [0.2, 0.25) is 0 Å². The van der Waals surface area contributed by atoms with Crippen molar-refractivity contribution in [2.24, 2.45) is 11.7 Å². The molecule has 0 aliphatic rings. The number of hydrogen-bond acceptors (Lipinski definition) is 19. The van der Waals surface area contributed by atoms with Gasteiger partial charge in [0, 0.05) is 19.1 Å². The van der Waals surface area contributed by atoms with Crippen LogP contribution < -0.4 is 37.6 Å². The monoisotopic (exact) mass is 1090 g/mol. The molecule has 1 rings (SSSR count). The highest BCUT2D eigenvalue weighted by Gasteiger charge is 2.25. The summed E-state index contributed by atoms with van der Waals surface area (Å²) >= 11 is 0. The molecule has 0 heterocycles. The van der Waals surface area contributed by atoms with Crippen LogP contribution in [0.25, 0.3) is 0 Å². The van der Waals surface area contributed by atoms with E-state index in [1.54, 1.807) is 26.8 Å². The number of alkyl carbamates (subject to hydrolysis) is 1. The van der Waals surface area contributed by atoms with Gasteiger partial charge in [-0.2, -0.15) is 0 Å². The maximum atomic E-state index is 12.6. The number of hydrogen-bond donors (Lipinski definition) is 9. The molecule has 1 aromatic rings. The summed E-state index contributed by atoms with van der Waals surface area (Å²) in [7, 11) is 0. The molecule has 0 radical (unpaired) electrons. The molecule has 0 aliphatic carbocycles. The molecule has 26 heteroatoms. The van der Waals surface area contributed by atoms with Crippen molar-refractivity contribution in [2.45, 2.75) is 97.2 Å². The van der Waals surface area contributed by atoms with Crippen molar-refractivity contribution in [2.75, 3.05) is 144 Å². The Morgan fingerprint density at radius 1 is 0.632 bits per heavy atom. The predicted molar refractivity (Wildman–Crippen MR) is 277 cm³/mol. The Labute approximate surface area is 446 Å². The Morgan fingerprint density at radius 2 is 1.16 bits per heavy atom. The summed E-state index contributed by atoms with van der Waals surface area (Å²) in [6.07, 6.45) is 2.03.